The van der Waals surface area contributed by atoms with Crippen LogP contribution in [0.1, 0.15) is 31.5 Å². The van der Waals surface area contributed by atoms with Crippen molar-refractivity contribution in [2.45, 2.75) is 37.8 Å². The molecule has 0 bridgehead atoms. The Morgan fingerprint density at radius 1 is 1.34 bits per heavy atom. The van der Waals surface area contributed by atoms with Gasteiger partial charge in [-0.15, -0.1) is 11.3 Å². The van der Waals surface area contributed by atoms with Crippen molar-refractivity contribution < 1.29 is 17.9 Å². The van der Waals surface area contributed by atoms with Crippen LogP contribution in [0.3, 0.4) is 0 Å². The Morgan fingerprint density at radius 3 is 2.84 bits per heavy atom. The van der Waals surface area contributed by atoms with Crippen LogP contribution in [0.25, 0.3) is 0 Å². The van der Waals surface area contributed by atoms with Gasteiger partial charge in [0.05, 0.1) is 23.8 Å². The Hall–Kier alpha value is -2.34. The number of thiazole rings is 1. The van der Waals surface area contributed by atoms with E-state index in [1.807, 2.05) is 19.2 Å². The monoisotopic (exact) mass is 477 g/mol. The highest BCUT2D eigenvalue weighted by Crippen LogP contribution is 2.25. The smallest absolute Gasteiger partial charge is 0.263 e. The second kappa shape index (κ2) is 9.65. The number of aromatic nitrogens is 1. The van der Waals surface area contributed by atoms with E-state index in [1.54, 1.807) is 18.2 Å². The maximum Gasteiger partial charge on any atom is 0.263 e. The van der Waals surface area contributed by atoms with Crippen LogP contribution in [-0.2, 0) is 26.1 Å². The summed E-state index contributed by atoms with van der Waals surface area (Å²) in [5, 5.41) is 5.33. The van der Waals surface area contributed by atoms with Gasteiger partial charge in [-0.1, -0.05) is 32.4 Å². The maximum absolute atomic E-state index is 13.1. The maximum atomic E-state index is 13.1. The van der Waals surface area contributed by atoms with Crippen molar-refractivity contribution in [2.75, 3.05) is 31.6 Å². The Morgan fingerprint density at radius 2 is 2.09 bits per heavy atom. The molecule has 3 heterocycles. The highest BCUT2D eigenvalue weighted by atomic mass is 32.2. The van der Waals surface area contributed by atoms with Crippen LogP contribution in [0.5, 0.6) is 0 Å². The topological polar surface area (TPSA) is 113 Å². The predicted molar refractivity (Wildman–Crippen MR) is 123 cm³/mol. The zero-order valence-corrected chi connectivity index (χ0v) is 19.7. The minimum absolute atomic E-state index is 0.0902. The summed E-state index contributed by atoms with van der Waals surface area (Å²) >= 11 is 1.37. The van der Waals surface area contributed by atoms with Crippen molar-refractivity contribution in [1.82, 2.24) is 14.6 Å². The highest BCUT2D eigenvalue weighted by Gasteiger charge is 2.33. The summed E-state index contributed by atoms with van der Waals surface area (Å²) in [5.74, 6) is -0.191. The summed E-state index contributed by atoms with van der Waals surface area (Å²) in [4.78, 5) is 24.7. The number of rotatable bonds is 7. The normalized spacial score (nSPS) is 21.0. The van der Waals surface area contributed by atoms with Gasteiger partial charge in [0.15, 0.2) is 5.13 Å². The molecule has 1 aromatic heterocycles. The van der Waals surface area contributed by atoms with Gasteiger partial charge in [-0.25, -0.2) is 13.4 Å². The first-order valence-corrected chi connectivity index (χ1v) is 13.0. The summed E-state index contributed by atoms with van der Waals surface area (Å²) in [6.07, 6.45) is 0.712. The fraction of sp³-hybridized carbons (Fsp3) is 0.476. The SMILES string of the molecule is CCC(C)C(N=C1NS(=O)(=O)c2ccccc21)C(=O)Nc1nc(CN2CCOCC2)cs1. The first-order valence-electron chi connectivity index (χ1n) is 10.6. The molecule has 2 aliphatic heterocycles. The molecule has 4 rings (SSSR count). The lowest BCUT2D eigenvalue weighted by molar-refractivity contribution is -0.118. The number of amidine groups is 1. The number of amides is 1. The number of aliphatic imine (C=N–C) groups is 1. The Kier molecular flexibility index (Phi) is 6.89. The number of benzene rings is 1. The van der Waals surface area contributed by atoms with Crippen molar-refractivity contribution in [3.05, 3.63) is 40.9 Å². The highest BCUT2D eigenvalue weighted by molar-refractivity contribution is 7.90. The lowest BCUT2D eigenvalue weighted by atomic mass is 9.99. The average Bonchev–Trinajstić information content (AvgIpc) is 3.33. The predicted octanol–water partition coefficient (Wildman–Crippen LogP) is 2.07. The number of fused-ring (bicyclic) bond motifs is 1. The Balaban J connectivity index is 1.51. The molecule has 0 saturated carbocycles. The van der Waals surface area contributed by atoms with Gasteiger partial charge >= 0.3 is 0 Å². The van der Waals surface area contributed by atoms with Crippen molar-refractivity contribution in [2.24, 2.45) is 10.9 Å². The van der Waals surface area contributed by atoms with E-state index in [1.165, 1.54) is 17.4 Å². The molecule has 9 nitrogen and oxygen atoms in total. The molecule has 1 amide bonds. The van der Waals surface area contributed by atoms with E-state index in [4.69, 9.17) is 4.74 Å². The van der Waals surface area contributed by atoms with E-state index < -0.39 is 16.1 Å². The van der Waals surface area contributed by atoms with E-state index in [2.05, 4.69) is 24.9 Å². The fourth-order valence-electron chi connectivity index (χ4n) is 3.64. The van der Waals surface area contributed by atoms with Gasteiger partial charge in [-0.05, 0) is 18.1 Å². The number of nitrogens with one attached hydrogen (secondary N) is 2. The summed E-state index contributed by atoms with van der Waals surface area (Å²) in [7, 11) is -3.66. The Labute approximate surface area is 192 Å². The first-order chi connectivity index (χ1) is 15.4. The second-order valence-corrected chi connectivity index (χ2v) is 10.4. The third-order valence-corrected chi connectivity index (χ3v) is 7.86. The number of nitrogens with zero attached hydrogens (tertiary/aromatic N) is 3. The number of carbonyl (C=O) groups is 1. The quantitative estimate of drug-likeness (QED) is 0.631. The van der Waals surface area contributed by atoms with Crippen molar-refractivity contribution in [3.63, 3.8) is 0 Å². The van der Waals surface area contributed by atoms with E-state index >= 15 is 0 Å². The van der Waals surface area contributed by atoms with Gasteiger partial charge in [0, 0.05) is 30.6 Å². The number of hydrogen-bond acceptors (Lipinski definition) is 8. The number of carbonyl (C=O) groups excluding carboxylic acids is 1. The van der Waals surface area contributed by atoms with Crippen LogP contribution in [0.4, 0.5) is 5.13 Å². The standard InChI is InChI=1S/C21H27N5O4S2/c1-3-14(2)18(23-19-16-6-4-5-7-17(16)32(28,29)25-19)20(27)24-21-22-15(13-31-21)12-26-8-10-30-11-9-26/h4-7,13-14,18H,3,8-12H2,1-2H3,(H,23,25)(H,22,24,27). The van der Waals surface area contributed by atoms with Crippen LogP contribution in [0.15, 0.2) is 39.5 Å². The minimum Gasteiger partial charge on any atom is -0.379 e. The van der Waals surface area contributed by atoms with Crippen LogP contribution in [0.2, 0.25) is 0 Å². The van der Waals surface area contributed by atoms with Crippen LogP contribution in [0, 0.1) is 5.92 Å². The van der Waals surface area contributed by atoms with Gasteiger partial charge in [0.1, 0.15) is 11.9 Å². The molecular formula is C21H27N5O4S2. The van der Waals surface area contributed by atoms with Gasteiger partial charge in [0.25, 0.3) is 15.9 Å². The van der Waals surface area contributed by atoms with Gasteiger partial charge in [-0.2, -0.15) is 0 Å². The second-order valence-electron chi connectivity index (χ2n) is 7.93. The lowest BCUT2D eigenvalue weighted by Crippen LogP contribution is -2.36. The van der Waals surface area contributed by atoms with E-state index in [-0.39, 0.29) is 22.6 Å². The number of anilines is 1. The third kappa shape index (κ3) is 5.01. The minimum atomic E-state index is -3.66. The number of morpholine rings is 1. The third-order valence-electron chi connectivity index (χ3n) is 5.65. The van der Waals surface area contributed by atoms with Crippen molar-refractivity contribution in [3.8, 4) is 0 Å². The zero-order valence-electron chi connectivity index (χ0n) is 18.1. The molecule has 1 aromatic carbocycles. The molecule has 0 aliphatic carbocycles. The first kappa shape index (κ1) is 22.8. The summed E-state index contributed by atoms with van der Waals surface area (Å²) < 4.78 is 32.7. The molecular weight excluding hydrogens is 450 g/mol. The van der Waals surface area contributed by atoms with Crippen LogP contribution >= 0.6 is 11.3 Å². The van der Waals surface area contributed by atoms with Crippen LogP contribution in [-0.4, -0.2) is 62.4 Å². The molecule has 0 radical (unpaired) electrons. The zero-order chi connectivity index (χ0) is 22.7. The molecule has 0 spiro atoms. The van der Waals surface area contributed by atoms with E-state index in [0.717, 1.165) is 32.0 Å². The summed E-state index contributed by atoms with van der Waals surface area (Å²) in [6, 6.07) is 5.88. The molecule has 1 saturated heterocycles. The van der Waals surface area contributed by atoms with Crippen LogP contribution < -0.4 is 10.0 Å². The van der Waals surface area contributed by atoms with Crippen molar-refractivity contribution in [1.29, 1.82) is 0 Å². The molecule has 2 N–H and O–H groups in total. The van der Waals surface area contributed by atoms with E-state index in [9.17, 15) is 13.2 Å². The molecule has 11 heteroatoms. The number of hydrogen-bond donors (Lipinski definition) is 2. The number of ether oxygens (including phenoxy) is 1. The summed E-state index contributed by atoms with van der Waals surface area (Å²) in [5.41, 5.74) is 1.38. The van der Waals surface area contributed by atoms with E-state index in [0.29, 0.717) is 23.7 Å². The van der Waals surface area contributed by atoms with Gasteiger partial charge in [-0.3, -0.25) is 19.4 Å². The van der Waals surface area contributed by atoms with Gasteiger partial charge < -0.3 is 10.1 Å². The largest absolute Gasteiger partial charge is 0.379 e. The molecule has 1 fully saturated rings. The van der Waals surface area contributed by atoms with Crippen molar-refractivity contribution >= 4 is 38.2 Å². The Bertz CT molecular complexity index is 1110. The fourth-order valence-corrected chi connectivity index (χ4v) is 5.58. The number of sulfonamides is 1. The molecule has 2 aliphatic rings. The summed E-state index contributed by atoms with van der Waals surface area (Å²) in [6.45, 7) is 7.78. The molecule has 2 atom stereocenters. The molecule has 2 aromatic rings. The average molecular weight is 478 g/mol. The lowest BCUT2D eigenvalue weighted by Gasteiger charge is -2.25. The molecule has 172 valence electrons. The molecule has 32 heavy (non-hydrogen) atoms. The van der Waals surface area contributed by atoms with Gasteiger partial charge in [0.2, 0.25) is 0 Å². The molecule has 2 unspecified atom stereocenters.